The van der Waals surface area contributed by atoms with Crippen LogP contribution in [0.2, 0.25) is 5.02 Å². The summed E-state index contributed by atoms with van der Waals surface area (Å²) in [5, 5.41) is 9.42. The van der Waals surface area contributed by atoms with Gasteiger partial charge in [0.2, 0.25) is 0 Å². The lowest BCUT2D eigenvalue weighted by Gasteiger charge is -2.34. The van der Waals surface area contributed by atoms with Gasteiger partial charge in [-0.2, -0.15) is 0 Å². The Hall–Kier alpha value is -1.30. The molecule has 0 saturated carbocycles. The number of hydrogen-bond donors (Lipinski definition) is 1. The Morgan fingerprint density at radius 1 is 1.29 bits per heavy atom. The Kier molecular flexibility index (Phi) is 5.85. The quantitative estimate of drug-likeness (QED) is 0.870. The van der Waals surface area contributed by atoms with E-state index in [-0.39, 0.29) is 6.42 Å². The van der Waals surface area contributed by atoms with Crippen LogP contribution in [0.5, 0.6) is 5.75 Å². The van der Waals surface area contributed by atoms with Crippen molar-refractivity contribution in [2.24, 2.45) is 0 Å². The number of carboxylic acid groups (broad SMARTS) is 1. The summed E-state index contributed by atoms with van der Waals surface area (Å²) < 4.78 is 5.37. The lowest BCUT2D eigenvalue weighted by molar-refractivity contribution is -0.137. The predicted molar refractivity (Wildman–Crippen MR) is 82.0 cm³/mol. The molecule has 6 heteroatoms. The SMILES string of the molecule is COc1ccc(Cl)cc1CN1CCN(CCC(=O)O)CC1. The minimum atomic E-state index is -0.735. The minimum Gasteiger partial charge on any atom is -0.496 e. The molecule has 0 amide bonds. The number of rotatable bonds is 6. The van der Waals surface area contributed by atoms with E-state index in [9.17, 15) is 4.79 Å². The summed E-state index contributed by atoms with van der Waals surface area (Å²) in [5.74, 6) is 0.119. The van der Waals surface area contributed by atoms with Gasteiger partial charge in [-0.15, -0.1) is 0 Å². The Bertz CT molecular complexity index is 488. The third-order valence-electron chi connectivity index (χ3n) is 3.74. The zero-order valence-corrected chi connectivity index (χ0v) is 13.0. The van der Waals surface area contributed by atoms with Gasteiger partial charge in [-0.25, -0.2) is 0 Å². The van der Waals surface area contributed by atoms with Crippen LogP contribution in [-0.2, 0) is 11.3 Å². The van der Waals surface area contributed by atoms with E-state index in [0.29, 0.717) is 11.6 Å². The van der Waals surface area contributed by atoms with E-state index in [2.05, 4.69) is 9.80 Å². The first-order valence-electron chi connectivity index (χ1n) is 7.07. The lowest BCUT2D eigenvalue weighted by Crippen LogP contribution is -2.46. The van der Waals surface area contributed by atoms with Crippen LogP contribution in [0, 0.1) is 0 Å². The molecule has 0 radical (unpaired) electrons. The van der Waals surface area contributed by atoms with Crippen molar-refractivity contribution in [1.29, 1.82) is 0 Å². The van der Waals surface area contributed by atoms with Crippen molar-refractivity contribution in [1.82, 2.24) is 9.80 Å². The van der Waals surface area contributed by atoms with Crippen molar-refractivity contribution in [3.63, 3.8) is 0 Å². The fourth-order valence-electron chi connectivity index (χ4n) is 2.54. The normalized spacial score (nSPS) is 16.9. The number of hydrogen-bond acceptors (Lipinski definition) is 4. The molecule has 0 bridgehead atoms. The van der Waals surface area contributed by atoms with E-state index >= 15 is 0 Å². The van der Waals surface area contributed by atoms with Crippen LogP contribution in [-0.4, -0.2) is 60.7 Å². The Morgan fingerprint density at radius 3 is 2.57 bits per heavy atom. The highest BCUT2D eigenvalue weighted by atomic mass is 35.5. The van der Waals surface area contributed by atoms with Gasteiger partial charge >= 0.3 is 5.97 Å². The highest BCUT2D eigenvalue weighted by molar-refractivity contribution is 6.30. The highest BCUT2D eigenvalue weighted by Gasteiger charge is 2.18. The van der Waals surface area contributed by atoms with Gasteiger partial charge in [0.05, 0.1) is 13.5 Å². The second-order valence-corrected chi connectivity index (χ2v) is 5.65. The number of aliphatic carboxylic acids is 1. The summed E-state index contributed by atoms with van der Waals surface area (Å²) in [6, 6.07) is 5.66. The van der Waals surface area contributed by atoms with Crippen molar-refractivity contribution in [3.8, 4) is 5.75 Å². The van der Waals surface area contributed by atoms with Crippen LogP contribution >= 0.6 is 11.6 Å². The maximum Gasteiger partial charge on any atom is 0.304 e. The maximum atomic E-state index is 10.6. The van der Waals surface area contributed by atoms with Crippen molar-refractivity contribution in [2.75, 3.05) is 39.8 Å². The van der Waals surface area contributed by atoms with Crippen molar-refractivity contribution < 1.29 is 14.6 Å². The number of methoxy groups -OCH3 is 1. The molecule has 1 aliphatic rings. The van der Waals surface area contributed by atoms with E-state index in [1.165, 1.54) is 0 Å². The van der Waals surface area contributed by atoms with E-state index < -0.39 is 5.97 Å². The molecule has 0 aromatic heterocycles. The largest absolute Gasteiger partial charge is 0.496 e. The van der Waals surface area contributed by atoms with Gasteiger partial charge in [0.1, 0.15) is 5.75 Å². The van der Waals surface area contributed by atoms with Crippen LogP contribution in [0.15, 0.2) is 18.2 Å². The Morgan fingerprint density at radius 2 is 1.95 bits per heavy atom. The average Bonchev–Trinajstić information content (AvgIpc) is 2.47. The number of piperazine rings is 1. The Labute approximate surface area is 130 Å². The van der Waals surface area contributed by atoms with Crippen LogP contribution in [0.25, 0.3) is 0 Å². The lowest BCUT2D eigenvalue weighted by atomic mass is 10.1. The number of halogens is 1. The number of benzene rings is 1. The van der Waals surface area contributed by atoms with Crippen molar-refractivity contribution in [3.05, 3.63) is 28.8 Å². The van der Waals surface area contributed by atoms with Gasteiger partial charge in [-0.1, -0.05) is 11.6 Å². The highest BCUT2D eigenvalue weighted by Crippen LogP contribution is 2.24. The van der Waals surface area contributed by atoms with Crippen LogP contribution in [0.3, 0.4) is 0 Å². The molecule has 0 atom stereocenters. The molecule has 116 valence electrons. The second-order valence-electron chi connectivity index (χ2n) is 5.22. The molecule has 1 aliphatic heterocycles. The number of carbonyl (C=O) groups is 1. The smallest absolute Gasteiger partial charge is 0.304 e. The fraction of sp³-hybridized carbons (Fsp3) is 0.533. The topological polar surface area (TPSA) is 53.0 Å². The summed E-state index contributed by atoms with van der Waals surface area (Å²) in [7, 11) is 1.66. The van der Waals surface area contributed by atoms with Crippen LogP contribution < -0.4 is 4.74 Å². The molecule has 21 heavy (non-hydrogen) atoms. The minimum absolute atomic E-state index is 0.210. The summed E-state index contributed by atoms with van der Waals surface area (Å²) in [4.78, 5) is 15.1. The molecule has 0 unspecified atom stereocenters. The average molecular weight is 313 g/mol. The Balaban J connectivity index is 1.86. The van der Waals surface area contributed by atoms with Gasteiger partial charge in [-0.3, -0.25) is 9.69 Å². The van der Waals surface area contributed by atoms with E-state index in [0.717, 1.165) is 44.0 Å². The standard InChI is InChI=1S/C15H21ClN2O3/c1-21-14-3-2-13(16)10-12(14)11-18-8-6-17(7-9-18)5-4-15(19)20/h2-3,10H,4-9,11H2,1H3,(H,19,20). The van der Waals surface area contributed by atoms with Gasteiger partial charge in [0, 0.05) is 49.9 Å². The zero-order chi connectivity index (χ0) is 15.2. The third kappa shape index (κ3) is 4.88. The second kappa shape index (κ2) is 7.64. The van der Waals surface area contributed by atoms with E-state index in [1.807, 2.05) is 18.2 Å². The van der Waals surface area contributed by atoms with Crippen LogP contribution in [0.1, 0.15) is 12.0 Å². The van der Waals surface area contributed by atoms with E-state index in [4.69, 9.17) is 21.4 Å². The summed E-state index contributed by atoms with van der Waals surface area (Å²) in [6.45, 7) is 5.08. The first kappa shape index (κ1) is 16.1. The van der Waals surface area contributed by atoms with Gasteiger partial charge < -0.3 is 14.7 Å². The maximum absolute atomic E-state index is 10.6. The first-order chi connectivity index (χ1) is 10.1. The molecule has 1 N–H and O–H groups in total. The monoisotopic (exact) mass is 312 g/mol. The van der Waals surface area contributed by atoms with Gasteiger partial charge in [0.25, 0.3) is 0 Å². The summed E-state index contributed by atoms with van der Waals surface area (Å²) in [5.41, 5.74) is 1.09. The molecular formula is C15H21ClN2O3. The molecule has 0 aliphatic carbocycles. The molecule has 0 spiro atoms. The fourth-order valence-corrected chi connectivity index (χ4v) is 2.73. The number of ether oxygens (including phenoxy) is 1. The predicted octanol–water partition coefficient (Wildman–Crippen LogP) is 1.94. The third-order valence-corrected chi connectivity index (χ3v) is 3.98. The van der Waals surface area contributed by atoms with Crippen molar-refractivity contribution >= 4 is 17.6 Å². The number of nitrogens with zero attached hydrogens (tertiary/aromatic N) is 2. The van der Waals surface area contributed by atoms with Gasteiger partial charge in [0.15, 0.2) is 0 Å². The first-order valence-corrected chi connectivity index (χ1v) is 7.45. The summed E-state index contributed by atoms with van der Waals surface area (Å²) in [6.07, 6.45) is 0.210. The number of carboxylic acids is 1. The van der Waals surface area contributed by atoms with Gasteiger partial charge in [-0.05, 0) is 18.2 Å². The molecular weight excluding hydrogens is 292 g/mol. The summed E-state index contributed by atoms with van der Waals surface area (Å²) >= 11 is 6.05. The van der Waals surface area contributed by atoms with Crippen molar-refractivity contribution in [2.45, 2.75) is 13.0 Å². The van der Waals surface area contributed by atoms with Crippen LogP contribution in [0.4, 0.5) is 0 Å². The molecule has 1 heterocycles. The molecule has 1 aromatic carbocycles. The molecule has 1 saturated heterocycles. The zero-order valence-electron chi connectivity index (χ0n) is 12.2. The molecule has 1 fully saturated rings. The molecule has 2 rings (SSSR count). The molecule has 1 aromatic rings. The van der Waals surface area contributed by atoms with E-state index in [1.54, 1.807) is 7.11 Å². The molecule has 5 nitrogen and oxygen atoms in total.